The number of pyridine rings is 1. The Bertz CT molecular complexity index is 329. The molecule has 0 spiro atoms. The van der Waals surface area contributed by atoms with E-state index in [1.54, 1.807) is 6.20 Å². The molecule has 0 unspecified atom stereocenters. The number of ether oxygens (including phenoxy) is 1. The summed E-state index contributed by atoms with van der Waals surface area (Å²) < 4.78 is 6.21. The summed E-state index contributed by atoms with van der Waals surface area (Å²) in [6.45, 7) is 3.29. The Kier molecular flexibility index (Phi) is 3.26. The molecule has 5 heteroatoms. The second-order valence-electron chi connectivity index (χ2n) is 3.06. The van der Waals surface area contributed by atoms with Gasteiger partial charge in [0.2, 0.25) is 0 Å². The maximum Gasteiger partial charge on any atom is 0.143 e. The van der Waals surface area contributed by atoms with Crippen molar-refractivity contribution in [2.24, 2.45) is 0 Å². The second kappa shape index (κ2) is 4.47. The normalized spacial score (nSPS) is 17.1. The molecule has 0 aromatic carbocycles. The third-order valence-corrected chi connectivity index (χ3v) is 2.89. The summed E-state index contributed by atoms with van der Waals surface area (Å²) in [5, 5.41) is 0.647. The number of anilines is 1. The van der Waals surface area contributed by atoms with Crippen LogP contribution < -0.4 is 4.90 Å². The Labute approximate surface area is 96.1 Å². The van der Waals surface area contributed by atoms with Crippen molar-refractivity contribution in [3.63, 3.8) is 0 Å². The molecule has 3 nitrogen and oxygen atoms in total. The van der Waals surface area contributed by atoms with Crippen LogP contribution in [0, 0.1) is 0 Å². The van der Waals surface area contributed by atoms with E-state index in [2.05, 4.69) is 25.8 Å². The molecule has 1 aliphatic rings. The van der Waals surface area contributed by atoms with E-state index in [4.69, 9.17) is 16.3 Å². The van der Waals surface area contributed by atoms with Gasteiger partial charge in [0, 0.05) is 19.3 Å². The standard InChI is InChI=1S/C9H10BrClN2O/c10-8-5-7(11)6-12-9(8)13-1-3-14-4-2-13/h5-6H,1-4H2. The first-order valence-corrected chi connectivity index (χ1v) is 5.58. The molecule has 0 N–H and O–H groups in total. The van der Waals surface area contributed by atoms with Crippen molar-refractivity contribution >= 4 is 33.3 Å². The summed E-state index contributed by atoms with van der Waals surface area (Å²) >= 11 is 9.27. The van der Waals surface area contributed by atoms with E-state index in [-0.39, 0.29) is 0 Å². The average Bonchev–Trinajstić information content (AvgIpc) is 2.19. The zero-order chi connectivity index (χ0) is 9.97. The Morgan fingerprint density at radius 2 is 2.14 bits per heavy atom. The number of hydrogen-bond donors (Lipinski definition) is 0. The molecule has 1 aromatic heterocycles. The smallest absolute Gasteiger partial charge is 0.143 e. The van der Waals surface area contributed by atoms with E-state index in [1.807, 2.05) is 6.07 Å². The molecule has 1 fully saturated rings. The largest absolute Gasteiger partial charge is 0.378 e. The van der Waals surface area contributed by atoms with E-state index in [0.717, 1.165) is 36.6 Å². The van der Waals surface area contributed by atoms with Crippen LogP contribution in [0.25, 0.3) is 0 Å². The maximum atomic E-state index is 5.82. The van der Waals surface area contributed by atoms with E-state index in [9.17, 15) is 0 Å². The van der Waals surface area contributed by atoms with Gasteiger partial charge in [-0.15, -0.1) is 0 Å². The van der Waals surface area contributed by atoms with Crippen molar-refractivity contribution in [2.75, 3.05) is 31.2 Å². The van der Waals surface area contributed by atoms with Gasteiger partial charge in [-0.1, -0.05) is 11.6 Å². The SMILES string of the molecule is Clc1cnc(N2CCOCC2)c(Br)c1. The molecule has 76 valence electrons. The van der Waals surface area contributed by atoms with Crippen molar-refractivity contribution in [3.8, 4) is 0 Å². The molecule has 1 saturated heterocycles. The summed E-state index contributed by atoms with van der Waals surface area (Å²) in [6.07, 6.45) is 1.66. The molecular formula is C9H10BrClN2O. The van der Waals surface area contributed by atoms with Crippen LogP contribution in [-0.4, -0.2) is 31.3 Å². The fourth-order valence-corrected chi connectivity index (χ4v) is 2.30. The van der Waals surface area contributed by atoms with Crippen LogP contribution in [0.4, 0.5) is 5.82 Å². The van der Waals surface area contributed by atoms with Gasteiger partial charge < -0.3 is 9.64 Å². The highest BCUT2D eigenvalue weighted by molar-refractivity contribution is 9.10. The van der Waals surface area contributed by atoms with Crippen LogP contribution in [0.1, 0.15) is 0 Å². The lowest BCUT2D eigenvalue weighted by molar-refractivity contribution is 0.122. The van der Waals surface area contributed by atoms with Gasteiger partial charge >= 0.3 is 0 Å². The Balaban J connectivity index is 2.22. The summed E-state index contributed by atoms with van der Waals surface area (Å²) in [5.74, 6) is 0.942. The summed E-state index contributed by atoms with van der Waals surface area (Å²) in [5.41, 5.74) is 0. The third-order valence-electron chi connectivity index (χ3n) is 2.10. The number of hydrogen-bond acceptors (Lipinski definition) is 3. The lowest BCUT2D eigenvalue weighted by atomic mass is 10.4. The fraction of sp³-hybridized carbons (Fsp3) is 0.444. The Morgan fingerprint density at radius 1 is 1.43 bits per heavy atom. The molecule has 2 rings (SSSR count). The van der Waals surface area contributed by atoms with Gasteiger partial charge in [0.25, 0.3) is 0 Å². The number of halogens is 2. The van der Waals surface area contributed by atoms with Gasteiger partial charge in [-0.25, -0.2) is 4.98 Å². The van der Waals surface area contributed by atoms with Crippen molar-refractivity contribution in [2.45, 2.75) is 0 Å². The van der Waals surface area contributed by atoms with E-state index in [0.29, 0.717) is 5.02 Å². The first-order chi connectivity index (χ1) is 6.77. The minimum absolute atomic E-state index is 0.647. The lowest BCUT2D eigenvalue weighted by Gasteiger charge is -2.28. The van der Waals surface area contributed by atoms with E-state index < -0.39 is 0 Å². The Morgan fingerprint density at radius 3 is 2.79 bits per heavy atom. The molecular weight excluding hydrogens is 267 g/mol. The minimum atomic E-state index is 0.647. The molecule has 14 heavy (non-hydrogen) atoms. The Hall–Kier alpha value is -0.320. The van der Waals surface area contributed by atoms with Crippen molar-refractivity contribution in [1.82, 2.24) is 4.98 Å². The zero-order valence-corrected chi connectivity index (χ0v) is 9.88. The van der Waals surface area contributed by atoms with E-state index in [1.165, 1.54) is 0 Å². The van der Waals surface area contributed by atoms with Crippen LogP contribution in [-0.2, 0) is 4.74 Å². The number of aromatic nitrogens is 1. The van der Waals surface area contributed by atoms with Crippen LogP contribution in [0.15, 0.2) is 16.7 Å². The molecule has 1 aromatic rings. The topological polar surface area (TPSA) is 25.4 Å². The molecule has 2 heterocycles. The highest BCUT2D eigenvalue weighted by atomic mass is 79.9. The lowest BCUT2D eigenvalue weighted by Crippen LogP contribution is -2.36. The predicted molar refractivity (Wildman–Crippen MR) is 60.0 cm³/mol. The van der Waals surface area contributed by atoms with Gasteiger partial charge in [0.1, 0.15) is 5.82 Å². The predicted octanol–water partition coefficient (Wildman–Crippen LogP) is 2.33. The van der Waals surface area contributed by atoms with Crippen molar-refractivity contribution in [3.05, 3.63) is 21.8 Å². The van der Waals surface area contributed by atoms with Crippen LogP contribution in [0.2, 0.25) is 5.02 Å². The van der Waals surface area contributed by atoms with Crippen LogP contribution >= 0.6 is 27.5 Å². The minimum Gasteiger partial charge on any atom is -0.378 e. The first-order valence-electron chi connectivity index (χ1n) is 4.41. The van der Waals surface area contributed by atoms with Crippen LogP contribution in [0.5, 0.6) is 0 Å². The van der Waals surface area contributed by atoms with Gasteiger partial charge in [0.05, 0.1) is 22.7 Å². The quantitative estimate of drug-likeness (QED) is 0.788. The average molecular weight is 278 g/mol. The van der Waals surface area contributed by atoms with E-state index >= 15 is 0 Å². The van der Waals surface area contributed by atoms with Gasteiger partial charge in [-0.05, 0) is 22.0 Å². The highest BCUT2D eigenvalue weighted by Gasteiger charge is 2.14. The molecule has 0 amide bonds. The second-order valence-corrected chi connectivity index (χ2v) is 4.35. The number of morpholine rings is 1. The molecule has 0 radical (unpaired) electrons. The molecule has 0 saturated carbocycles. The zero-order valence-electron chi connectivity index (χ0n) is 7.54. The van der Waals surface area contributed by atoms with Crippen LogP contribution in [0.3, 0.4) is 0 Å². The number of nitrogens with zero attached hydrogens (tertiary/aromatic N) is 2. The monoisotopic (exact) mass is 276 g/mol. The molecule has 0 bridgehead atoms. The highest BCUT2D eigenvalue weighted by Crippen LogP contribution is 2.26. The maximum absolute atomic E-state index is 5.82. The van der Waals surface area contributed by atoms with Gasteiger partial charge in [-0.2, -0.15) is 0 Å². The summed E-state index contributed by atoms with van der Waals surface area (Å²) in [4.78, 5) is 6.48. The fourth-order valence-electron chi connectivity index (χ4n) is 1.42. The van der Waals surface area contributed by atoms with Gasteiger partial charge in [0.15, 0.2) is 0 Å². The van der Waals surface area contributed by atoms with Crippen molar-refractivity contribution < 1.29 is 4.74 Å². The molecule has 1 aliphatic heterocycles. The molecule has 0 atom stereocenters. The number of rotatable bonds is 1. The summed E-state index contributed by atoms with van der Waals surface area (Å²) in [6, 6.07) is 1.86. The first kappa shape index (κ1) is 10.2. The molecule has 0 aliphatic carbocycles. The van der Waals surface area contributed by atoms with Gasteiger partial charge in [-0.3, -0.25) is 0 Å². The van der Waals surface area contributed by atoms with Crippen molar-refractivity contribution in [1.29, 1.82) is 0 Å². The summed E-state index contributed by atoms with van der Waals surface area (Å²) in [7, 11) is 0. The third kappa shape index (κ3) is 2.19.